The molecule has 1 heterocycles. The zero-order chi connectivity index (χ0) is 12.8. The summed E-state index contributed by atoms with van der Waals surface area (Å²) in [7, 11) is 0. The van der Waals surface area contributed by atoms with Crippen molar-refractivity contribution in [3.05, 3.63) is 0 Å². The van der Waals surface area contributed by atoms with Crippen molar-refractivity contribution in [3.63, 3.8) is 0 Å². The average Bonchev–Trinajstić information content (AvgIpc) is 3.08. The molecule has 0 bridgehead atoms. The summed E-state index contributed by atoms with van der Waals surface area (Å²) in [5, 5.41) is 10.6. The van der Waals surface area contributed by atoms with Gasteiger partial charge in [-0.15, -0.1) is 0 Å². The smallest absolute Gasteiger partial charge is 0.322 e. The van der Waals surface area contributed by atoms with Crippen LogP contribution in [0.5, 0.6) is 0 Å². The van der Waals surface area contributed by atoms with Crippen LogP contribution in [0.4, 0.5) is 0 Å². The third-order valence-corrected chi connectivity index (χ3v) is 2.36. The molecule has 1 saturated heterocycles. The number of carboxylic acids is 1. The minimum absolute atomic E-state index is 0.00106. The highest BCUT2D eigenvalue weighted by Crippen LogP contribution is 2.11. The molecule has 2 amide bonds. The second kappa shape index (κ2) is 6.45. The van der Waals surface area contributed by atoms with Crippen molar-refractivity contribution in [2.45, 2.75) is 6.10 Å². The molecule has 0 aromatic heterocycles. The Kier molecular flexibility index (Phi) is 5.23. The number of carbonyl (C=O) groups is 3. The van der Waals surface area contributed by atoms with Crippen molar-refractivity contribution in [2.24, 2.45) is 0 Å². The van der Waals surface area contributed by atoms with Crippen molar-refractivity contribution in [1.29, 1.82) is 0 Å². The zero-order valence-corrected chi connectivity index (χ0v) is 9.98. The van der Waals surface area contributed by atoms with Crippen molar-refractivity contribution in [3.8, 4) is 0 Å². The SMILES string of the molecule is O=C(O)CNC(=O)CN(CC1CO1)C(=O)CS. The van der Waals surface area contributed by atoms with Gasteiger partial charge < -0.3 is 20.1 Å². The molecule has 17 heavy (non-hydrogen) atoms. The van der Waals surface area contributed by atoms with E-state index < -0.39 is 18.4 Å². The fourth-order valence-corrected chi connectivity index (χ4v) is 1.38. The second-order valence-electron chi connectivity index (χ2n) is 3.56. The third kappa shape index (κ3) is 5.55. The molecule has 8 heteroatoms. The van der Waals surface area contributed by atoms with Gasteiger partial charge in [0.25, 0.3) is 0 Å². The Bertz CT molecular complexity index is 319. The molecule has 2 N–H and O–H groups in total. The van der Waals surface area contributed by atoms with Gasteiger partial charge in [-0.3, -0.25) is 14.4 Å². The van der Waals surface area contributed by atoms with Gasteiger partial charge in [0, 0.05) is 6.54 Å². The molecule has 96 valence electrons. The number of hydrogen-bond acceptors (Lipinski definition) is 5. The van der Waals surface area contributed by atoms with Gasteiger partial charge in [0.15, 0.2) is 0 Å². The Morgan fingerprint density at radius 1 is 1.47 bits per heavy atom. The van der Waals surface area contributed by atoms with Gasteiger partial charge in [0.1, 0.15) is 6.54 Å². The quantitative estimate of drug-likeness (QED) is 0.377. The summed E-state index contributed by atoms with van der Waals surface area (Å²) in [6.07, 6.45) is -0.0221. The highest BCUT2D eigenvalue weighted by atomic mass is 32.1. The van der Waals surface area contributed by atoms with Gasteiger partial charge in [0.05, 0.1) is 25.0 Å². The first kappa shape index (κ1) is 13.8. The predicted molar refractivity (Wildman–Crippen MR) is 60.8 cm³/mol. The van der Waals surface area contributed by atoms with E-state index >= 15 is 0 Å². The molecule has 0 saturated carbocycles. The molecule has 7 nitrogen and oxygen atoms in total. The Labute approximate surface area is 104 Å². The largest absolute Gasteiger partial charge is 0.480 e. The lowest BCUT2D eigenvalue weighted by molar-refractivity contribution is -0.138. The maximum Gasteiger partial charge on any atom is 0.322 e. The minimum atomic E-state index is -1.13. The van der Waals surface area contributed by atoms with Crippen LogP contribution in [0.1, 0.15) is 0 Å². The van der Waals surface area contributed by atoms with Gasteiger partial charge in [-0.1, -0.05) is 0 Å². The summed E-state index contributed by atoms with van der Waals surface area (Å²) in [5.41, 5.74) is 0. The standard InChI is InChI=1S/C9H14N2O5S/c12-7(10-1-9(14)15)3-11(8(13)5-17)2-6-4-16-6/h6,17H,1-5H2,(H,10,12)(H,14,15). The Hall–Kier alpha value is -1.28. The Morgan fingerprint density at radius 2 is 2.12 bits per heavy atom. The van der Waals surface area contributed by atoms with E-state index in [1.165, 1.54) is 4.90 Å². The number of ether oxygens (including phenoxy) is 1. The molecule has 1 fully saturated rings. The fraction of sp³-hybridized carbons (Fsp3) is 0.667. The lowest BCUT2D eigenvalue weighted by Crippen LogP contribution is -2.44. The van der Waals surface area contributed by atoms with Crippen LogP contribution in [0.3, 0.4) is 0 Å². The summed E-state index contributed by atoms with van der Waals surface area (Å²) in [5.74, 6) is -1.92. The highest BCUT2D eigenvalue weighted by Gasteiger charge is 2.28. The molecule has 1 atom stereocenters. The number of thiol groups is 1. The first-order chi connectivity index (χ1) is 8.02. The molecule has 1 aliphatic heterocycles. The van der Waals surface area contributed by atoms with Crippen molar-refractivity contribution in [2.75, 3.05) is 32.0 Å². The third-order valence-electron chi connectivity index (χ3n) is 2.09. The molecule has 0 spiro atoms. The number of amides is 2. The van der Waals surface area contributed by atoms with Gasteiger partial charge >= 0.3 is 5.97 Å². The van der Waals surface area contributed by atoms with E-state index in [1.807, 2.05) is 0 Å². The second-order valence-corrected chi connectivity index (χ2v) is 3.87. The van der Waals surface area contributed by atoms with E-state index in [0.29, 0.717) is 13.2 Å². The summed E-state index contributed by atoms with van der Waals surface area (Å²) < 4.78 is 4.97. The molecule has 1 unspecified atom stereocenters. The topological polar surface area (TPSA) is 99.2 Å². The number of nitrogens with one attached hydrogen (secondary N) is 1. The van der Waals surface area contributed by atoms with Crippen molar-refractivity contribution >= 4 is 30.4 Å². The molecule has 0 aromatic carbocycles. The maximum absolute atomic E-state index is 11.4. The van der Waals surface area contributed by atoms with Crippen LogP contribution in [0.25, 0.3) is 0 Å². The Morgan fingerprint density at radius 3 is 2.59 bits per heavy atom. The van der Waals surface area contributed by atoms with E-state index in [4.69, 9.17) is 9.84 Å². The van der Waals surface area contributed by atoms with Crippen LogP contribution < -0.4 is 5.32 Å². The normalized spacial score (nSPS) is 17.4. The van der Waals surface area contributed by atoms with E-state index in [2.05, 4.69) is 17.9 Å². The van der Waals surface area contributed by atoms with Crippen LogP contribution in [0.2, 0.25) is 0 Å². The fourth-order valence-electron chi connectivity index (χ4n) is 1.18. The molecule has 1 aliphatic rings. The number of nitrogens with zero attached hydrogens (tertiary/aromatic N) is 1. The van der Waals surface area contributed by atoms with E-state index in [9.17, 15) is 14.4 Å². The van der Waals surface area contributed by atoms with Crippen LogP contribution in [-0.2, 0) is 19.1 Å². The monoisotopic (exact) mass is 262 g/mol. The maximum atomic E-state index is 11.4. The summed E-state index contributed by atoms with van der Waals surface area (Å²) in [4.78, 5) is 34.3. The lowest BCUT2D eigenvalue weighted by Gasteiger charge is -2.20. The van der Waals surface area contributed by atoms with E-state index in [0.717, 1.165) is 0 Å². The number of rotatable bonds is 7. The summed E-state index contributed by atoms with van der Waals surface area (Å²) >= 11 is 3.85. The minimum Gasteiger partial charge on any atom is -0.480 e. The number of hydrogen-bond donors (Lipinski definition) is 3. The average molecular weight is 262 g/mol. The Balaban J connectivity index is 2.38. The van der Waals surface area contributed by atoms with E-state index in [1.54, 1.807) is 0 Å². The van der Waals surface area contributed by atoms with E-state index in [-0.39, 0.29) is 24.3 Å². The predicted octanol–water partition coefficient (Wildman–Crippen LogP) is -1.66. The first-order valence-electron chi connectivity index (χ1n) is 5.01. The van der Waals surface area contributed by atoms with Gasteiger partial charge in [-0.2, -0.15) is 12.6 Å². The number of carbonyl (C=O) groups excluding carboxylic acids is 2. The number of aliphatic carboxylic acids is 1. The molecule has 0 aromatic rings. The van der Waals surface area contributed by atoms with Gasteiger partial charge in [-0.05, 0) is 0 Å². The lowest BCUT2D eigenvalue weighted by atomic mass is 10.3. The number of epoxide rings is 1. The van der Waals surface area contributed by atoms with Crippen LogP contribution in [0.15, 0.2) is 0 Å². The summed E-state index contributed by atoms with van der Waals surface area (Å²) in [6, 6.07) is 0. The van der Waals surface area contributed by atoms with Gasteiger partial charge in [0.2, 0.25) is 11.8 Å². The molecular formula is C9H14N2O5S. The van der Waals surface area contributed by atoms with Crippen LogP contribution in [0, 0.1) is 0 Å². The molecule has 0 radical (unpaired) electrons. The van der Waals surface area contributed by atoms with Gasteiger partial charge in [-0.25, -0.2) is 0 Å². The zero-order valence-electron chi connectivity index (χ0n) is 9.09. The molecular weight excluding hydrogens is 248 g/mol. The summed E-state index contributed by atoms with van der Waals surface area (Å²) in [6.45, 7) is 0.279. The molecule has 0 aliphatic carbocycles. The van der Waals surface area contributed by atoms with Crippen LogP contribution in [-0.4, -0.2) is 65.9 Å². The van der Waals surface area contributed by atoms with Crippen molar-refractivity contribution in [1.82, 2.24) is 10.2 Å². The molecule has 1 rings (SSSR count). The first-order valence-corrected chi connectivity index (χ1v) is 5.65. The highest BCUT2D eigenvalue weighted by molar-refractivity contribution is 7.81. The van der Waals surface area contributed by atoms with Crippen LogP contribution >= 0.6 is 12.6 Å². The van der Waals surface area contributed by atoms with Crippen molar-refractivity contribution < 1.29 is 24.2 Å². The number of carboxylic acid groups (broad SMARTS) is 1.